The topological polar surface area (TPSA) is 0 Å². The number of alkyl halides is 1. The van der Waals surface area contributed by atoms with Gasteiger partial charge in [-0.1, -0.05) is 50.9 Å². The molecule has 0 saturated heterocycles. The van der Waals surface area contributed by atoms with Crippen LogP contribution in [0.1, 0.15) is 27.1 Å². The number of hydrogen-bond acceptors (Lipinski definition) is 1. The maximum Gasteiger partial charge on any atom is 0.0529 e. The lowest BCUT2D eigenvalue weighted by Gasteiger charge is -2.08. The van der Waals surface area contributed by atoms with E-state index in [4.69, 9.17) is 0 Å². The van der Waals surface area contributed by atoms with Gasteiger partial charge in [0.25, 0.3) is 0 Å². The van der Waals surface area contributed by atoms with Gasteiger partial charge >= 0.3 is 0 Å². The highest BCUT2D eigenvalue weighted by atomic mass is 79.9. The summed E-state index contributed by atoms with van der Waals surface area (Å²) < 4.78 is 1.15. The van der Waals surface area contributed by atoms with Crippen molar-refractivity contribution in [2.45, 2.75) is 24.6 Å². The zero-order chi connectivity index (χ0) is 12.3. The summed E-state index contributed by atoms with van der Waals surface area (Å²) in [6.07, 6.45) is 2.16. The van der Waals surface area contributed by atoms with Crippen LogP contribution in [-0.4, -0.2) is 0 Å². The van der Waals surface area contributed by atoms with E-state index in [1.54, 1.807) is 0 Å². The van der Waals surface area contributed by atoms with Crippen molar-refractivity contribution >= 4 is 43.2 Å². The van der Waals surface area contributed by atoms with Crippen molar-refractivity contribution < 1.29 is 0 Å². The highest BCUT2D eigenvalue weighted by Gasteiger charge is 2.11. The molecular weight excluding hydrogens is 360 g/mol. The molecule has 0 aliphatic rings. The van der Waals surface area contributed by atoms with Crippen molar-refractivity contribution in [1.82, 2.24) is 0 Å². The summed E-state index contributed by atoms with van der Waals surface area (Å²) in [7, 11) is 0. The minimum Gasteiger partial charge on any atom is -0.144 e. The fourth-order valence-corrected chi connectivity index (χ4v) is 3.91. The zero-order valence-corrected chi connectivity index (χ0v) is 13.6. The number of thiophene rings is 1. The largest absolute Gasteiger partial charge is 0.144 e. The van der Waals surface area contributed by atoms with Crippen LogP contribution in [0.4, 0.5) is 0 Å². The maximum absolute atomic E-state index is 3.78. The zero-order valence-electron chi connectivity index (χ0n) is 9.62. The van der Waals surface area contributed by atoms with Crippen LogP contribution in [-0.2, 0) is 12.8 Å². The standard InChI is InChI=1S/C14H14Br2S/c1-2-12-6-7-14(17-12)13(16)9-10-4-3-5-11(15)8-10/h3-8,13H,2,9H2,1H3. The molecule has 0 bridgehead atoms. The number of rotatable bonds is 4. The first-order valence-corrected chi connectivity index (χ1v) is 8.18. The van der Waals surface area contributed by atoms with Gasteiger partial charge in [-0.2, -0.15) is 0 Å². The molecule has 1 unspecified atom stereocenters. The fourth-order valence-electron chi connectivity index (χ4n) is 1.72. The molecule has 0 fully saturated rings. The Morgan fingerprint density at radius 1 is 1.24 bits per heavy atom. The molecule has 0 N–H and O–H groups in total. The van der Waals surface area contributed by atoms with Gasteiger partial charge < -0.3 is 0 Å². The second-order valence-corrected chi connectivity index (χ2v) is 7.18. The first-order valence-electron chi connectivity index (χ1n) is 5.66. The monoisotopic (exact) mass is 372 g/mol. The third-order valence-corrected chi connectivity index (χ3v) is 5.60. The lowest BCUT2D eigenvalue weighted by Crippen LogP contribution is -1.92. The molecule has 17 heavy (non-hydrogen) atoms. The van der Waals surface area contributed by atoms with E-state index in [-0.39, 0.29) is 0 Å². The Hall–Kier alpha value is -0.120. The predicted octanol–water partition coefficient (Wildman–Crippen LogP) is 5.75. The molecule has 1 atom stereocenters. The Morgan fingerprint density at radius 3 is 2.71 bits per heavy atom. The molecule has 0 aliphatic heterocycles. The van der Waals surface area contributed by atoms with Crippen LogP contribution in [0.5, 0.6) is 0 Å². The quantitative estimate of drug-likeness (QED) is 0.598. The maximum atomic E-state index is 3.78. The van der Waals surface area contributed by atoms with Crippen molar-refractivity contribution in [3.05, 3.63) is 56.2 Å². The molecule has 0 saturated carbocycles. The molecule has 0 aliphatic carbocycles. The molecule has 0 spiro atoms. The van der Waals surface area contributed by atoms with E-state index < -0.39 is 0 Å². The summed E-state index contributed by atoms with van der Waals surface area (Å²) in [6, 6.07) is 13.0. The Balaban J connectivity index is 2.08. The van der Waals surface area contributed by atoms with Gasteiger partial charge in [0.05, 0.1) is 4.83 Å². The van der Waals surface area contributed by atoms with Crippen LogP contribution in [0.3, 0.4) is 0 Å². The van der Waals surface area contributed by atoms with E-state index >= 15 is 0 Å². The normalized spacial score (nSPS) is 12.6. The summed E-state index contributed by atoms with van der Waals surface area (Å²) in [6.45, 7) is 2.20. The average molecular weight is 374 g/mol. The lowest BCUT2D eigenvalue weighted by molar-refractivity contribution is 0.968. The molecular formula is C14H14Br2S. The lowest BCUT2D eigenvalue weighted by atomic mass is 10.1. The van der Waals surface area contributed by atoms with Crippen molar-refractivity contribution in [2.24, 2.45) is 0 Å². The number of hydrogen-bond donors (Lipinski definition) is 0. The SMILES string of the molecule is CCc1ccc(C(Br)Cc2cccc(Br)c2)s1. The van der Waals surface area contributed by atoms with E-state index in [2.05, 4.69) is 75.2 Å². The van der Waals surface area contributed by atoms with Crippen LogP contribution in [0, 0.1) is 0 Å². The Morgan fingerprint density at radius 2 is 2.06 bits per heavy atom. The van der Waals surface area contributed by atoms with E-state index in [0.29, 0.717) is 4.83 Å². The summed E-state index contributed by atoms with van der Waals surface area (Å²) in [5, 5.41) is 0. The highest BCUT2D eigenvalue weighted by Crippen LogP contribution is 2.33. The number of benzene rings is 1. The summed E-state index contributed by atoms with van der Waals surface area (Å²) >= 11 is 9.20. The van der Waals surface area contributed by atoms with E-state index in [1.165, 1.54) is 15.3 Å². The van der Waals surface area contributed by atoms with Crippen LogP contribution < -0.4 is 0 Å². The van der Waals surface area contributed by atoms with Gasteiger partial charge in [-0.15, -0.1) is 11.3 Å². The molecule has 3 heteroatoms. The van der Waals surface area contributed by atoms with Crippen LogP contribution >= 0.6 is 43.2 Å². The minimum absolute atomic E-state index is 0.419. The Kier molecular flexibility index (Phi) is 4.83. The summed E-state index contributed by atoms with van der Waals surface area (Å²) in [4.78, 5) is 3.29. The van der Waals surface area contributed by atoms with Crippen molar-refractivity contribution in [2.75, 3.05) is 0 Å². The van der Waals surface area contributed by atoms with Gasteiger partial charge in [0.2, 0.25) is 0 Å². The number of halogens is 2. The van der Waals surface area contributed by atoms with Gasteiger partial charge in [-0.05, 0) is 42.7 Å². The molecule has 2 aromatic rings. The molecule has 1 aromatic heterocycles. The van der Waals surface area contributed by atoms with E-state index in [0.717, 1.165) is 17.3 Å². The first kappa shape index (κ1) is 13.3. The molecule has 1 aromatic carbocycles. The third-order valence-electron chi connectivity index (χ3n) is 2.64. The molecule has 2 rings (SSSR count). The Labute approximate surface area is 123 Å². The van der Waals surface area contributed by atoms with Crippen molar-refractivity contribution in [1.29, 1.82) is 0 Å². The summed E-state index contributed by atoms with van der Waals surface area (Å²) in [5.41, 5.74) is 1.35. The summed E-state index contributed by atoms with van der Waals surface area (Å²) in [5.74, 6) is 0. The second-order valence-electron chi connectivity index (χ2n) is 3.96. The molecule has 0 amide bonds. The van der Waals surface area contributed by atoms with Crippen molar-refractivity contribution in [3.63, 3.8) is 0 Å². The first-order chi connectivity index (χ1) is 8.19. The molecule has 90 valence electrons. The second kappa shape index (κ2) is 6.17. The van der Waals surface area contributed by atoms with Gasteiger partial charge in [0.1, 0.15) is 0 Å². The fraction of sp³-hybridized carbons (Fsp3) is 0.286. The third kappa shape index (κ3) is 3.67. The van der Waals surface area contributed by atoms with Gasteiger partial charge in [-0.3, -0.25) is 0 Å². The molecule has 1 heterocycles. The predicted molar refractivity (Wildman–Crippen MR) is 83.2 cm³/mol. The van der Waals surface area contributed by atoms with Gasteiger partial charge in [0.15, 0.2) is 0 Å². The van der Waals surface area contributed by atoms with Crippen LogP contribution in [0.15, 0.2) is 40.9 Å². The molecule has 0 nitrogen and oxygen atoms in total. The van der Waals surface area contributed by atoms with Gasteiger partial charge in [-0.25, -0.2) is 0 Å². The highest BCUT2D eigenvalue weighted by molar-refractivity contribution is 9.10. The molecule has 0 radical (unpaired) electrons. The smallest absolute Gasteiger partial charge is 0.0529 e. The average Bonchev–Trinajstić information content (AvgIpc) is 2.77. The van der Waals surface area contributed by atoms with Gasteiger partial charge in [0, 0.05) is 14.2 Å². The van der Waals surface area contributed by atoms with E-state index in [9.17, 15) is 0 Å². The van der Waals surface area contributed by atoms with Crippen molar-refractivity contribution in [3.8, 4) is 0 Å². The van der Waals surface area contributed by atoms with E-state index in [1.807, 2.05) is 11.3 Å². The number of aryl methyl sites for hydroxylation is 1. The minimum atomic E-state index is 0.419. The Bertz CT molecular complexity index is 490. The van der Waals surface area contributed by atoms with Crippen LogP contribution in [0.2, 0.25) is 0 Å². The van der Waals surface area contributed by atoms with Crippen LogP contribution in [0.25, 0.3) is 0 Å².